The van der Waals surface area contributed by atoms with E-state index in [1.54, 1.807) is 0 Å². The van der Waals surface area contributed by atoms with Crippen LogP contribution in [0.2, 0.25) is 58.9 Å². The third-order valence-corrected chi connectivity index (χ3v) is 7.39. The van der Waals surface area contributed by atoms with Gasteiger partial charge in [-0.2, -0.15) is 0 Å². The highest BCUT2D eigenvalue weighted by atomic mass is 28.4. The Morgan fingerprint density at radius 2 is 1.48 bits per heavy atom. The zero-order valence-corrected chi connectivity index (χ0v) is 18.2. The van der Waals surface area contributed by atoms with Crippen LogP contribution >= 0.6 is 0 Å². The van der Waals surface area contributed by atoms with E-state index < -0.39 is 24.9 Å². The van der Waals surface area contributed by atoms with Gasteiger partial charge in [-0.1, -0.05) is 19.6 Å². The fourth-order valence-corrected chi connectivity index (χ4v) is 6.52. The molecular weight excluding hydrogens is 314 g/mol. The van der Waals surface area contributed by atoms with Crippen molar-refractivity contribution in [2.24, 2.45) is 0 Å². The maximum atomic E-state index is 12.6. The van der Waals surface area contributed by atoms with Crippen molar-refractivity contribution in [1.82, 2.24) is 4.57 Å². The topological polar surface area (TPSA) is 38.8 Å². The van der Waals surface area contributed by atoms with Crippen LogP contribution in [0.3, 0.4) is 0 Å². The molecule has 7 heteroatoms. The first-order valence-electron chi connectivity index (χ1n) is 7.86. The molecule has 0 aliphatic carbocycles. The van der Waals surface area contributed by atoms with E-state index in [9.17, 15) is 4.79 Å². The highest BCUT2D eigenvalue weighted by molar-refractivity contribution is 6.74. The average molecular weight is 348 g/mol. The number of rotatable bonds is 5. The lowest BCUT2D eigenvalue weighted by Crippen LogP contribution is -2.53. The maximum Gasteiger partial charge on any atom is 0.309 e. The van der Waals surface area contributed by atoms with Crippen molar-refractivity contribution in [3.63, 3.8) is 0 Å². The average Bonchev–Trinajstić information content (AvgIpc) is 2.55. The Balaban J connectivity index is 2.86. The molecule has 1 unspecified atom stereocenters. The Morgan fingerprint density at radius 1 is 0.952 bits per heavy atom. The zero-order valence-electron chi connectivity index (χ0n) is 15.2. The summed E-state index contributed by atoms with van der Waals surface area (Å²) in [5.41, 5.74) is 0. The van der Waals surface area contributed by atoms with Crippen LogP contribution in [0, 0.1) is 0 Å². The van der Waals surface area contributed by atoms with Gasteiger partial charge < -0.3 is 13.4 Å². The van der Waals surface area contributed by atoms with Gasteiger partial charge in [0.25, 0.3) is 0 Å². The molecule has 0 amide bonds. The number of nitrogens with zero attached hydrogens (tertiary/aromatic N) is 1. The van der Waals surface area contributed by atoms with Crippen molar-refractivity contribution in [3.8, 4) is 0 Å². The lowest BCUT2D eigenvalue weighted by molar-refractivity contribution is -0.139. The molecule has 1 aliphatic heterocycles. The summed E-state index contributed by atoms with van der Waals surface area (Å²) in [5, 5.41) is 0. The van der Waals surface area contributed by atoms with Gasteiger partial charge in [0.1, 0.15) is 14.3 Å². The second kappa shape index (κ2) is 6.27. The van der Waals surface area contributed by atoms with E-state index in [0.717, 1.165) is 13.0 Å². The van der Waals surface area contributed by atoms with Gasteiger partial charge in [0, 0.05) is 6.54 Å². The van der Waals surface area contributed by atoms with Gasteiger partial charge in [-0.15, -0.1) is 0 Å². The van der Waals surface area contributed by atoms with E-state index in [-0.39, 0.29) is 18.1 Å². The van der Waals surface area contributed by atoms with Crippen LogP contribution < -0.4 is 0 Å². The van der Waals surface area contributed by atoms with Crippen LogP contribution in [0.15, 0.2) is 0 Å². The van der Waals surface area contributed by atoms with E-state index in [1.807, 2.05) is 0 Å². The molecule has 1 rings (SSSR count). The maximum absolute atomic E-state index is 12.6. The normalized spacial score (nSPS) is 25.2. The summed E-state index contributed by atoms with van der Waals surface area (Å²) in [7, 11) is -4.97. The van der Waals surface area contributed by atoms with Gasteiger partial charge in [-0.05, 0) is 45.7 Å². The van der Waals surface area contributed by atoms with E-state index in [4.69, 9.17) is 8.85 Å². The highest BCUT2D eigenvalue weighted by Crippen LogP contribution is 2.29. The lowest BCUT2D eigenvalue weighted by Gasteiger charge is -2.35. The Hall–Kier alpha value is 0.0406. The SMILES string of the molecule is C[Si](C)(C)OC(=O)[C@@H]1CC(O[Si](C)(C)C)CN1[Si](C)(C)C. The lowest BCUT2D eigenvalue weighted by atomic mass is 10.2. The molecule has 0 saturated carbocycles. The van der Waals surface area contributed by atoms with Gasteiger partial charge in [0.15, 0.2) is 8.32 Å². The minimum atomic E-state index is -1.84. The molecule has 0 bridgehead atoms. The minimum Gasteiger partial charge on any atom is -0.519 e. The summed E-state index contributed by atoms with van der Waals surface area (Å²) in [4.78, 5) is 12.6. The van der Waals surface area contributed by atoms with E-state index in [1.165, 1.54) is 0 Å². The summed E-state index contributed by atoms with van der Waals surface area (Å²) in [6.45, 7) is 20.6. The van der Waals surface area contributed by atoms with Crippen LogP contribution in [0.5, 0.6) is 0 Å². The predicted octanol–water partition coefficient (Wildman–Crippen LogP) is 3.49. The van der Waals surface area contributed by atoms with Crippen LogP contribution in [-0.2, 0) is 13.6 Å². The summed E-state index contributed by atoms with van der Waals surface area (Å²) in [6.07, 6.45) is 0.972. The third kappa shape index (κ3) is 6.35. The molecule has 0 aromatic heterocycles. The molecule has 1 aliphatic rings. The zero-order chi connectivity index (χ0) is 16.6. The molecule has 0 aromatic rings. The van der Waals surface area contributed by atoms with Crippen molar-refractivity contribution in [2.45, 2.75) is 77.5 Å². The molecule has 1 heterocycles. The van der Waals surface area contributed by atoms with Gasteiger partial charge in [0.2, 0.25) is 8.32 Å². The molecule has 4 nitrogen and oxygen atoms in total. The Kier molecular flexibility index (Phi) is 5.70. The first-order chi connectivity index (χ1) is 9.19. The van der Waals surface area contributed by atoms with Gasteiger partial charge in [-0.3, -0.25) is 4.79 Å². The first kappa shape index (κ1) is 19.1. The van der Waals surface area contributed by atoms with Gasteiger partial charge in [-0.25, -0.2) is 0 Å². The fourth-order valence-electron chi connectivity index (χ4n) is 2.72. The van der Waals surface area contributed by atoms with Crippen molar-refractivity contribution in [2.75, 3.05) is 6.54 Å². The standard InChI is InChI=1S/C14H33NO3Si3/c1-19(2,3)15-11-12(17-20(4,5)6)10-13(15)14(16)18-21(7,8)9/h12-13H,10-11H2,1-9H3/t12?,13-/m0/s1. The van der Waals surface area contributed by atoms with Gasteiger partial charge >= 0.3 is 5.97 Å². The van der Waals surface area contributed by atoms with E-state index in [2.05, 4.69) is 63.5 Å². The summed E-state index contributed by atoms with van der Waals surface area (Å²) in [5.74, 6) is -0.0294. The molecule has 0 spiro atoms. The third-order valence-electron chi connectivity index (χ3n) is 3.32. The van der Waals surface area contributed by atoms with Crippen LogP contribution in [-0.4, -0.2) is 54.1 Å². The monoisotopic (exact) mass is 347 g/mol. The largest absolute Gasteiger partial charge is 0.519 e. The van der Waals surface area contributed by atoms with Crippen LogP contribution in [0.4, 0.5) is 0 Å². The Bertz CT molecular complexity index is 382. The van der Waals surface area contributed by atoms with Crippen molar-refractivity contribution in [1.29, 1.82) is 0 Å². The molecule has 0 aromatic carbocycles. The van der Waals surface area contributed by atoms with Crippen molar-refractivity contribution < 1.29 is 13.6 Å². The molecule has 0 N–H and O–H groups in total. The number of carbonyl (C=O) groups is 1. The van der Waals surface area contributed by atoms with Crippen molar-refractivity contribution in [3.05, 3.63) is 0 Å². The van der Waals surface area contributed by atoms with Crippen molar-refractivity contribution >= 4 is 30.8 Å². The summed E-state index contributed by atoms with van der Waals surface area (Å²) in [6, 6.07) is -0.107. The molecule has 124 valence electrons. The first-order valence-corrected chi connectivity index (χ1v) is 18.1. The number of carbonyl (C=O) groups excluding carboxylic acids is 1. The Morgan fingerprint density at radius 3 is 1.86 bits per heavy atom. The summed E-state index contributed by atoms with van der Waals surface area (Å²) >= 11 is 0. The smallest absolute Gasteiger partial charge is 0.309 e. The number of hydrogen-bond acceptors (Lipinski definition) is 4. The molecule has 2 atom stereocenters. The molecule has 0 radical (unpaired) electrons. The van der Waals surface area contributed by atoms with E-state index >= 15 is 0 Å². The fraction of sp³-hybridized carbons (Fsp3) is 0.929. The molecule has 1 fully saturated rings. The van der Waals surface area contributed by atoms with Gasteiger partial charge in [0.05, 0.1) is 6.10 Å². The Labute approximate surface area is 133 Å². The second-order valence-electron chi connectivity index (χ2n) is 8.96. The molecule has 21 heavy (non-hydrogen) atoms. The highest BCUT2D eigenvalue weighted by Gasteiger charge is 2.45. The number of hydrogen-bond donors (Lipinski definition) is 0. The minimum absolute atomic E-state index is 0.0294. The molecule has 1 saturated heterocycles. The second-order valence-corrected chi connectivity index (χ2v) is 22.8. The summed E-state index contributed by atoms with van der Waals surface area (Å²) < 4.78 is 14.4. The predicted molar refractivity (Wildman–Crippen MR) is 96.1 cm³/mol. The van der Waals surface area contributed by atoms with Crippen LogP contribution in [0.25, 0.3) is 0 Å². The molecular formula is C14H33NO3Si3. The quantitative estimate of drug-likeness (QED) is 0.714. The van der Waals surface area contributed by atoms with E-state index in [0.29, 0.717) is 0 Å². The van der Waals surface area contributed by atoms with Crippen LogP contribution in [0.1, 0.15) is 6.42 Å².